The van der Waals surface area contributed by atoms with Crippen molar-refractivity contribution in [3.05, 3.63) is 12.5 Å². The second kappa shape index (κ2) is 4.71. The van der Waals surface area contributed by atoms with Crippen LogP contribution < -0.4 is 10.2 Å². The summed E-state index contributed by atoms with van der Waals surface area (Å²) in [4.78, 5) is 21.2. The largest absolute Gasteiger partial charge is 0.465 e. The van der Waals surface area contributed by atoms with Gasteiger partial charge in [-0.2, -0.15) is 5.10 Å². The molecule has 0 radical (unpaired) electrons. The third-order valence-corrected chi connectivity index (χ3v) is 3.35. The number of anilines is 1. The van der Waals surface area contributed by atoms with Crippen molar-refractivity contribution in [2.24, 2.45) is 0 Å². The lowest BCUT2D eigenvalue weighted by atomic mass is 10.1. The average molecular weight is 262 g/mol. The summed E-state index contributed by atoms with van der Waals surface area (Å²) in [7, 11) is 0. The molecule has 0 unspecified atom stereocenters. The first-order chi connectivity index (χ1) is 9.24. The molecule has 3 rings (SSSR count). The lowest BCUT2D eigenvalue weighted by Crippen LogP contribution is -2.44. The van der Waals surface area contributed by atoms with Gasteiger partial charge in [-0.1, -0.05) is 0 Å². The molecule has 2 aromatic rings. The number of nitrogens with zero attached hydrogens (tertiary/aromatic N) is 4. The Labute approximate surface area is 108 Å². The van der Waals surface area contributed by atoms with Crippen LogP contribution in [0.2, 0.25) is 0 Å². The summed E-state index contributed by atoms with van der Waals surface area (Å²) in [6, 6.07) is 0.0235. The Kier molecular flexibility index (Phi) is 2.90. The Balaban J connectivity index is 1.75. The van der Waals surface area contributed by atoms with Gasteiger partial charge < -0.3 is 15.3 Å². The lowest BCUT2D eigenvalue weighted by Gasteiger charge is -2.32. The molecule has 19 heavy (non-hydrogen) atoms. The van der Waals surface area contributed by atoms with E-state index >= 15 is 0 Å². The van der Waals surface area contributed by atoms with Crippen LogP contribution in [-0.2, 0) is 0 Å². The second-order valence-electron chi connectivity index (χ2n) is 4.54. The van der Waals surface area contributed by atoms with Gasteiger partial charge in [-0.15, -0.1) is 0 Å². The Morgan fingerprint density at radius 3 is 2.95 bits per heavy atom. The quantitative estimate of drug-likeness (QED) is 0.731. The van der Waals surface area contributed by atoms with Crippen molar-refractivity contribution < 1.29 is 9.90 Å². The molecule has 1 fully saturated rings. The van der Waals surface area contributed by atoms with E-state index in [1.165, 1.54) is 6.33 Å². The standard InChI is InChI=1S/C11H14N6O2/c18-11(19)15-7-1-3-17(4-2-7)10-8-5-14-16-9(8)12-6-13-10/h5-7,15H,1-4H2,(H,18,19)(H,12,13,14,16). The highest BCUT2D eigenvalue weighted by Gasteiger charge is 2.22. The van der Waals surface area contributed by atoms with Crippen LogP contribution in [0.5, 0.6) is 0 Å². The van der Waals surface area contributed by atoms with Gasteiger partial charge in [-0.05, 0) is 12.8 Å². The number of rotatable bonds is 2. The van der Waals surface area contributed by atoms with Crippen molar-refractivity contribution in [1.29, 1.82) is 0 Å². The van der Waals surface area contributed by atoms with Crippen molar-refractivity contribution in [2.75, 3.05) is 18.0 Å². The molecule has 1 saturated heterocycles. The molecule has 0 aliphatic carbocycles. The Bertz CT molecular complexity index is 590. The van der Waals surface area contributed by atoms with Gasteiger partial charge in [-0.3, -0.25) is 5.10 Å². The number of nitrogens with one attached hydrogen (secondary N) is 2. The zero-order valence-electron chi connectivity index (χ0n) is 10.2. The molecule has 0 aromatic carbocycles. The smallest absolute Gasteiger partial charge is 0.404 e. The molecule has 100 valence electrons. The van der Waals surface area contributed by atoms with Crippen molar-refractivity contribution in [2.45, 2.75) is 18.9 Å². The van der Waals surface area contributed by atoms with E-state index < -0.39 is 6.09 Å². The molecule has 2 aromatic heterocycles. The number of carbonyl (C=O) groups is 1. The third-order valence-electron chi connectivity index (χ3n) is 3.35. The van der Waals surface area contributed by atoms with Crippen LogP contribution in [0.1, 0.15) is 12.8 Å². The summed E-state index contributed by atoms with van der Waals surface area (Å²) in [5.74, 6) is 0.854. The molecule has 0 spiro atoms. The number of aromatic amines is 1. The van der Waals surface area contributed by atoms with Crippen molar-refractivity contribution in [3.8, 4) is 0 Å². The van der Waals surface area contributed by atoms with E-state index in [-0.39, 0.29) is 6.04 Å². The maximum absolute atomic E-state index is 10.6. The van der Waals surface area contributed by atoms with Gasteiger partial charge >= 0.3 is 6.09 Å². The number of piperidine rings is 1. The average Bonchev–Trinajstić information content (AvgIpc) is 2.87. The Morgan fingerprint density at radius 1 is 1.42 bits per heavy atom. The number of hydrogen-bond acceptors (Lipinski definition) is 5. The molecule has 3 heterocycles. The molecular formula is C11H14N6O2. The summed E-state index contributed by atoms with van der Waals surface area (Å²) in [6.07, 6.45) is 3.81. The summed E-state index contributed by atoms with van der Waals surface area (Å²) in [5, 5.41) is 18.9. The minimum Gasteiger partial charge on any atom is -0.465 e. The van der Waals surface area contributed by atoms with E-state index in [1.54, 1.807) is 6.20 Å². The van der Waals surface area contributed by atoms with Crippen LogP contribution in [-0.4, -0.2) is 50.5 Å². The van der Waals surface area contributed by atoms with Gasteiger partial charge in [0.05, 0.1) is 11.6 Å². The summed E-state index contributed by atoms with van der Waals surface area (Å²) < 4.78 is 0. The molecule has 8 heteroatoms. The highest BCUT2D eigenvalue weighted by molar-refractivity contribution is 5.86. The van der Waals surface area contributed by atoms with Crippen LogP contribution in [0.25, 0.3) is 11.0 Å². The van der Waals surface area contributed by atoms with Gasteiger partial charge in [0.15, 0.2) is 5.65 Å². The van der Waals surface area contributed by atoms with Crippen LogP contribution in [0.4, 0.5) is 10.6 Å². The van der Waals surface area contributed by atoms with Crippen LogP contribution >= 0.6 is 0 Å². The minimum absolute atomic E-state index is 0.0235. The van der Waals surface area contributed by atoms with Crippen LogP contribution in [0, 0.1) is 0 Å². The van der Waals surface area contributed by atoms with Gasteiger partial charge in [0.1, 0.15) is 12.1 Å². The monoisotopic (exact) mass is 262 g/mol. The van der Waals surface area contributed by atoms with Gasteiger partial charge in [0.2, 0.25) is 0 Å². The number of H-pyrrole nitrogens is 1. The highest BCUT2D eigenvalue weighted by atomic mass is 16.4. The number of hydrogen-bond donors (Lipinski definition) is 3. The molecule has 1 aliphatic heterocycles. The highest BCUT2D eigenvalue weighted by Crippen LogP contribution is 2.24. The van der Waals surface area contributed by atoms with E-state index in [0.29, 0.717) is 0 Å². The molecule has 3 N–H and O–H groups in total. The van der Waals surface area contributed by atoms with Crippen molar-refractivity contribution in [1.82, 2.24) is 25.5 Å². The van der Waals surface area contributed by atoms with Crippen LogP contribution in [0.15, 0.2) is 12.5 Å². The SMILES string of the molecule is O=C(O)NC1CCN(c2ncnc3[nH]ncc23)CC1. The van der Waals surface area contributed by atoms with Crippen LogP contribution in [0.3, 0.4) is 0 Å². The predicted molar refractivity (Wildman–Crippen MR) is 68.1 cm³/mol. The van der Waals surface area contributed by atoms with Gasteiger partial charge in [-0.25, -0.2) is 14.8 Å². The topological polar surface area (TPSA) is 107 Å². The molecule has 8 nitrogen and oxygen atoms in total. The minimum atomic E-state index is -0.960. The molecule has 1 aliphatic rings. The zero-order valence-corrected chi connectivity index (χ0v) is 10.2. The second-order valence-corrected chi connectivity index (χ2v) is 4.54. The molecule has 0 saturated carbocycles. The Hall–Kier alpha value is -2.38. The first kappa shape index (κ1) is 11.7. The number of amides is 1. The summed E-state index contributed by atoms with van der Waals surface area (Å²) in [5.41, 5.74) is 0.718. The fraction of sp³-hybridized carbons (Fsp3) is 0.455. The number of aromatic nitrogens is 4. The van der Waals surface area contributed by atoms with E-state index in [1.807, 2.05) is 0 Å². The maximum Gasteiger partial charge on any atom is 0.404 e. The summed E-state index contributed by atoms with van der Waals surface area (Å²) >= 11 is 0. The molecule has 1 amide bonds. The third kappa shape index (κ3) is 2.28. The lowest BCUT2D eigenvalue weighted by molar-refractivity contribution is 0.187. The normalized spacial score (nSPS) is 16.7. The fourth-order valence-electron chi connectivity index (χ4n) is 2.41. The van der Waals surface area contributed by atoms with Crippen molar-refractivity contribution in [3.63, 3.8) is 0 Å². The first-order valence-electron chi connectivity index (χ1n) is 6.12. The maximum atomic E-state index is 10.6. The van der Waals surface area contributed by atoms with E-state index in [2.05, 4.69) is 30.4 Å². The Morgan fingerprint density at radius 2 is 2.21 bits per heavy atom. The van der Waals surface area contributed by atoms with E-state index in [0.717, 1.165) is 42.8 Å². The number of carboxylic acid groups (broad SMARTS) is 1. The van der Waals surface area contributed by atoms with E-state index in [9.17, 15) is 4.79 Å². The van der Waals surface area contributed by atoms with Crippen molar-refractivity contribution >= 4 is 22.9 Å². The van der Waals surface area contributed by atoms with E-state index in [4.69, 9.17) is 5.11 Å². The number of fused-ring (bicyclic) bond motifs is 1. The van der Waals surface area contributed by atoms with Gasteiger partial charge in [0.25, 0.3) is 0 Å². The fourth-order valence-corrected chi connectivity index (χ4v) is 2.41. The molecule has 0 atom stereocenters. The molecule has 0 bridgehead atoms. The van der Waals surface area contributed by atoms with Gasteiger partial charge in [0, 0.05) is 19.1 Å². The predicted octanol–water partition coefficient (Wildman–Crippen LogP) is 0.589. The summed E-state index contributed by atoms with van der Waals surface area (Å²) in [6.45, 7) is 1.53. The molecular weight excluding hydrogens is 248 g/mol. The first-order valence-corrected chi connectivity index (χ1v) is 6.12. The zero-order chi connectivity index (χ0) is 13.2.